The summed E-state index contributed by atoms with van der Waals surface area (Å²) in [6.07, 6.45) is 3.04. The van der Waals surface area contributed by atoms with Gasteiger partial charge in [-0.1, -0.05) is 42.5 Å². The average Bonchev–Trinajstić information content (AvgIpc) is 2.95. The molecule has 4 rings (SSSR count). The Morgan fingerprint density at radius 1 is 1.07 bits per heavy atom. The highest BCUT2D eigenvalue weighted by molar-refractivity contribution is 5.99. The van der Waals surface area contributed by atoms with Gasteiger partial charge in [0.1, 0.15) is 12.4 Å². The van der Waals surface area contributed by atoms with Crippen molar-refractivity contribution in [1.29, 1.82) is 0 Å². The summed E-state index contributed by atoms with van der Waals surface area (Å²) >= 11 is 0. The maximum absolute atomic E-state index is 12.5. The van der Waals surface area contributed by atoms with Gasteiger partial charge in [-0.3, -0.25) is 4.90 Å². The smallest absolute Gasteiger partial charge is 0.335 e. The second-order valence-electron chi connectivity index (χ2n) is 7.30. The second kappa shape index (κ2) is 7.57. The summed E-state index contributed by atoms with van der Waals surface area (Å²) in [5, 5.41) is 0. The fourth-order valence-corrected chi connectivity index (χ4v) is 4.29. The van der Waals surface area contributed by atoms with E-state index in [1.807, 2.05) is 30.3 Å². The number of carbonyl (C=O) groups excluding carboxylic acids is 1. The van der Waals surface area contributed by atoms with Crippen LogP contribution in [0.15, 0.2) is 60.2 Å². The summed E-state index contributed by atoms with van der Waals surface area (Å²) in [7, 11) is 3.58. The molecule has 2 heterocycles. The van der Waals surface area contributed by atoms with E-state index in [4.69, 9.17) is 9.47 Å². The summed E-state index contributed by atoms with van der Waals surface area (Å²) in [5.74, 6) is 0.630. The van der Waals surface area contributed by atoms with Crippen molar-refractivity contribution in [3.63, 3.8) is 0 Å². The van der Waals surface area contributed by atoms with E-state index in [1.165, 1.54) is 7.11 Å². The first-order valence-corrected chi connectivity index (χ1v) is 9.48. The predicted molar refractivity (Wildman–Crippen MR) is 105 cm³/mol. The molecule has 2 aromatic rings. The molecule has 0 saturated carbocycles. The third-order valence-corrected chi connectivity index (χ3v) is 5.80. The van der Waals surface area contributed by atoms with Gasteiger partial charge in [-0.2, -0.15) is 0 Å². The van der Waals surface area contributed by atoms with Crippen molar-refractivity contribution in [2.24, 2.45) is 0 Å². The summed E-state index contributed by atoms with van der Waals surface area (Å²) in [5.41, 5.74) is 4.19. The normalized spacial score (nSPS) is 22.0. The Labute approximate surface area is 160 Å². The van der Waals surface area contributed by atoms with Gasteiger partial charge in [-0.05, 0) is 55.1 Å². The highest BCUT2D eigenvalue weighted by atomic mass is 16.5. The molecule has 0 amide bonds. The average molecular weight is 363 g/mol. The third kappa shape index (κ3) is 3.50. The molecule has 0 radical (unpaired) electrons. The van der Waals surface area contributed by atoms with Crippen LogP contribution < -0.4 is 4.74 Å². The summed E-state index contributed by atoms with van der Waals surface area (Å²) in [4.78, 5) is 14.8. The van der Waals surface area contributed by atoms with E-state index in [-0.39, 0.29) is 12.0 Å². The van der Waals surface area contributed by atoms with Gasteiger partial charge in [0, 0.05) is 12.1 Å². The summed E-state index contributed by atoms with van der Waals surface area (Å²) in [6, 6.07) is 18.9. The fourth-order valence-electron chi connectivity index (χ4n) is 4.29. The molecule has 2 atom stereocenters. The minimum absolute atomic E-state index is 0.167. The molecular weight excluding hydrogens is 338 g/mol. The number of methoxy groups -OCH3 is 1. The molecule has 2 aliphatic heterocycles. The van der Waals surface area contributed by atoms with E-state index in [0.29, 0.717) is 12.6 Å². The van der Waals surface area contributed by atoms with Crippen LogP contribution in [-0.4, -0.2) is 37.1 Å². The number of fused-ring (bicyclic) bond motifs is 2. The third-order valence-electron chi connectivity index (χ3n) is 5.80. The van der Waals surface area contributed by atoms with Crippen molar-refractivity contribution in [1.82, 2.24) is 4.90 Å². The zero-order valence-electron chi connectivity index (χ0n) is 15.9. The van der Waals surface area contributed by atoms with E-state index < -0.39 is 0 Å². The quantitative estimate of drug-likeness (QED) is 0.751. The van der Waals surface area contributed by atoms with Gasteiger partial charge >= 0.3 is 5.97 Å². The number of carbonyl (C=O) groups is 1. The molecule has 140 valence electrons. The van der Waals surface area contributed by atoms with Crippen LogP contribution in [0.3, 0.4) is 0 Å². The summed E-state index contributed by atoms with van der Waals surface area (Å²) in [6.45, 7) is 0.547. The first-order valence-electron chi connectivity index (χ1n) is 9.48. The number of ether oxygens (including phenoxy) is 2. The first-order chi connectivity index (χ1) is 13.2. The Bertz CT molecular complexity index is 842. The minimum Gasteiger partial charge on any atom is -0.489 e. The lowest BCUT2D eigenvalue weighted by Gasteiger charge is -2.34. The molecule has 4 nitrogen and oxygen atoms in total. The van der Waals surface area contributed by atoms with Crippen molar-refractivity contribution in [2.75, 3.05) is 14.2 Å². The standard InChI is InChI=1S/C23H25NO3/c1-24-18-10-13-21(24)22(23(25)26-2)20(14-18)17-8-11-19(12-9-17)27-15-16-6-4-3-5-7-16/h3-9,11-12,18,21H,10,13-15H2,1-2H3/t18-,21+/m0/s1. The van der Waals surface area contributed by atoms with Crippen LogP contribution in [0.5, 0.6) is 5.75 Å². The number of likely N-dealkylation sites (N-methyl/N-ethyl adjacent to an activating group) is 1. The van der Waals surface area contributed by atoms with Crippen molar-refractivity contribution >= 4 is 11.5 Å². The van der Waals surface area contributed by atoms with Crippen molar-refractivity contribution in [3.8, 4) is 5.75 Å². The van der Waals surface area contributed by atoms with Gasteiger partial charge < -0.3 is 9.47 Å². The van der Waals surface area contributed by atoms with Crippen LogP contribution in [0.2, 0.25) is 0 Å². The van der Waals surface area contributed by atoms with Crippen LogP contribution >= 0.6 is 0 Å². The Morgan fingerprint density at radius 2 is 1.81 bits per heavy atom. The van der Waals surface area contributed by atoms with Gasteiger partial charge in [0.05, 0.1) is 12.7 Å². The molecule has 4 heteroatoms. The molecule has 2 aliphatic rings. The monoisotopic (exact) mass is 363 g/mol. The highest BCUT2D eigenvalue weighted by Crippen LogP contribution is 2.42. The molecule has 0 N–H and O–H groups in total. The van der Waals surface area contributed by atoms with Gasteiger partial charge in [-0.25, -0.2) is 4.79 Å². The minimum atomic E-state index is -0.202. The number of hydrogen-bond donors (Lipinski definition) is 0. The molecule has 2 aromatic carbocycles. The largest absolute Gasteiger partial charge is 0.489 e. The van der Waals surface area contributed by atoms with Crippen molar-refractivity contribution in [2.45, 2.75) is 38.0 Å². The predicted octanol–water partition coefficient (Wildman–Crippen LogP) is 4.06. The molecule has 1 fully saturated rings. The molecule has 1 saturated heterocycles. The van der Waals surface area contributed by atoms with Crippen molar-refractivity contribution < 1.29 is 14.3 Å². The number of rotatable bonds is 5. The number of esters is 1. The molecule has 0 aliphatic carbocycles. The topological polar surface area (TPSA) is 38.8 Å². The molecule has 0 aromatic heterocycles. The molecule has 2 bridgehead atoms. The second-order valence-corrected chi connectivity index (χ2v) is 7.30. The van der Waals surface area contributed by atoms with Crippen LogP contribution in [0.4, 0.5) is 0 Å². The number of benzene rings is 2. The van der Waals surface area contributed by atoms with E-state index >= 15 is 0 Å². The summed E-state index contributed by atoms with van der Waals surface area (Å²) < 4.78 is 11.0. The Morgan fingerprint density at radius 3 is 2.52 bits per heavy atom. The lowest BCUT2D eigenvalue weighted by Crippen LogP contribution is -2.40. The Kier molecular flexibility index (Phi) is 4.99. The van der Waals surface area contributed by atoms with Gasteiger partial charge in [-0.15, -0.1) is 0 Å². The van der Waals surface area contributed by atoms with E-state index in [1.54, 1.807) is 0 Å². The van der Waals surface area contributed by atoms with Crippen LogP contribution in [0.25, 0.3) is 5.57 Å². The molecular formula is C23H25NO3. The number of hydrogen-bond acceptors (Lipinski definition) is 4. The van der Waals surface area contributed by atoms with Gasteiger partial charge in [0.25, 0.3) is 0 Å². The lowest BCUT2D eigenvalue weighted by molar-refractivity contribution is -0.136. The molecule has 0 unspecified atom stereocenters. The van der Waals surface area contributed by atoms with E-state index in [0.717, 1.165) is 47.3 Å². The highest BCUT2D eigenvalue weighted by Gasteiger charge is 2.42. The zero-order chi connectivity index (χ0) is 18.8. The van der Waals surface area contributed by atoms with Crippen LogP contribution in [0, 0.1) is 0 Å². The maximum atomic E-state index is 12.5. The molecule has 27 heavy (non-hydrogen) atoms. The van der Waals surface area contributed by atoms with Gasteiger partial charge in [0.2, 0.25) is 0 Å². The van der Waals surface area contributed by atoms with Gasteiger partial charge in [0.15, 0.2) is 0 Å². The molecule has 0 spiro atoms. The fraction of sp³-hybridized carbons (Fsp3) is 0.348. The zero-order valence-corrected chi connectivity index (χ0v) is 15.9. The number of nitrogens with zero attached hydrogens (tertiary/aromatic N) is 1. The Balaban J connectivity index is 1.56. The lowest BCUT2D eigenvalue weighted by atomic mass is 9.88. The van der Waals surface area contributed by atoms with Crippen LogP contribution in [0.1, 0.15) is 30.4 Å². The van der Waals surface area contributed by atoms with Crippen molar-refractivity contribution in [3.05, 3.63) is 71.3 Å². The van der Waals surface area contributed by atoms with E-state index in [2.05, 4.69) is 36.2 Å². The Hall–Kier alpha value is -2.59. The SMILES string of the molecule is COC(=O)C1=C(c2ccc(OCc3ccccc3)cc2)C[C@@H]2CC[C@H]1N2C. The van der Waals surface area contributed by atoms with E-state index in [9.17, 15) is 4.79 Å². The maximum Gasteiger partial charge on any atom is 0.335 e. The first kappa shape index (κ1) is 17.8. The van der Waals surface area contributed by atoms with Crippen LogP contribution in [-0.2, 0) is 16.1 Å².